The van der Waals surface area contributed by atoms with Crippen molar-refractivity contribution in [3.05, 3.63) is 83.7 Å². The minimum Gasteiger partial charge on any atom is -0.342 e. The summed E-state index contributed by atoms with van der Waals surface area (Å²) in [6.07, 6.45) is 3.14. The van der Waals surface area contributed by atoms with Crippen LogP contribution in [0.15, 0.2) is 66.7 Å². The van der Waals surface area contributed by atoms with Crippen LogP contribution in [0.2, 0.25) is 0 Å². The number of H-pyrrole nitrogens is 1. The molecule has 1 aromatic heterocycles. The van der Waals surface area contributed by atoms with E-state index in [0.717, 1.165) is 45.7 Å². The second-order valence-electron chi connectivity index (χ2n) is 7.83. The number of nitrogens with zero attached hydrogens (tertiary/aromatic N) is 1. The first-order valence-electron chi connectivity index (χ1n) is 10.1. The predicted octanol–water partition coefficient (Wildman–Crippen LogP) is 6.39. The molecule has 5 rings (SSSR count). The summed E-state index contributed by atoms with van der Waals surface area (Å²) >= 11 is 1.60. The molecule has 0 aliphatic heterocycles. The Morgan fingerprint density at radius 1 is 1.07 bits per heavy atom. The van der Waals surface area contributed by atoms with E-state index in [1.54, 1.807) is 18.9 Å². The molecule has 0 spiro atoms. The van der Waals surface area contributed by atoms with Crippen LogP contribution in [0.25, 0.3) is 22.2 Å². The fourth-order valence-electron chi connectivity index (χ4n) is 4.20. The molecule has 4 nitrogen and oxygen atoms in total. The first-order valence-corrected chi connectivity index (χ1v) is 11.4. The number of carbonyl (C=O) groups is 1. The van der Waals surface area contributed by atoms with Crippen molar-refractivity contribution in [3.63, 3.8) is 0 Å². The van der Waals surface area contributed by atoms with Crippen molar-refractivity contribution >= 4 is 34.5 Å². The van der Waals surface area contributed by atoms with Crippen LogP contribution in [0.4, 0.5) is 5.69 Å². The van der Waals surface area contributed by atoms with E-state index < -0.39 is 0 Å². The number of aromatic nitrogens is 2. The quantitative estimate of drug-likeness (QED) is 0.284. The lowest BCUT2D eigenvalue weighted by Crippen LogP contribution is -1.95. The Morgan fingerprint density at radius 3 is 2.63 bits per heavy atom. The molecule has 2 N–H and O–H groups in total. The number of rotatable bonds is 6. The van der Waals surface area contributed by atoms with E-state index in [9.17, 15) is 4.79 Å². The molecule has 30 heavy (non-hydrogen) atoms. The average molecular weight is 414 g/mol. The summed E-state index contributed by atoms with van der Waals surface area (Å²) in [6, 6.07) is 22.7. The van der Waals surface area contributed by atoms with Gasteiger partial charge in [0.25, 0.3) is 0 Å². The molecule has 0 radical (unpaired) electrons. The van der Waals surface area contributed by atoms with Crippen LogP contribution in [0, 0.1) is 0 Å². The molecule has 2 atom stereocenters. The van der Waals surface area contributed by atoms with Gasteiger partial charge in [0.1, 0.15) is 5.82 Å². The summed E-state index contributed by atoms with van der Waals surface area (Å²) in [4.78, 5) is 20.4. The van der Waals surface area contributed by atoms with Gasteiger partial charge in [-0.2, -0.15) is 0 Å². The Bertz CT molecular complexity index is 1230. The van der Waals surface area contributed by atoms with E-state index in [2.05, 4.69) is 46.1 Å². The number of imidazole rings is 1. The topological polar surface area (TPSA) is 57.8 Å². The van der Waals surface area contributed by atoms with Gasteiger partial charge >= 0.3 is 0 Å². The van der Waals surface area contributed by atoms with Crippen LogP contribution in [-0.4, -0.2) is 22.0 Å². The Morgan fingerprint density at radius 2 is 1.87 bits per heavy atom. The number of benzene rings is 3. The Hall–Kier alpha value is -3.05. The molecule has 1 fully saturated rings. The van der Waals surface area contributed by atoms with Gasteiger partial charge < -0.3 is 9.71 Å². The fourth-order valence-corrected chi connectivity index (χ4v) is 4.57. The average Bonchev–Trinajstić information content (AvgIpc) is 3.45. The van der Waals surface area contributed by atoms with E-state index in [1.165, 1.54) is 5.56 Å². The molecular formula is C25H23N3OS. The number of anilines is 1. The third-order valence-corrected chi connectivity index (χ3v) is 6.26. The molecular weight excluding hydrogens is 390 g/mol. The van der Waals surface area contributed by atoms with Crippen LogP contribution in [0.3, 0.4) is 0 Å². The van der Waals surface area contributed by atoms with E-state index in [4.69, 9.17) is 4.98 Å². The lowest BCUT2D eigenvalue weighted by molar-refractivity contribution is 0.101. The maximum atomic E-state index is 12.0. The minimum atomic E-state index is 0.0792. The molecule has 150 valence electrons. The fraction of sp³-hybridized carbons (Fsp3) is 0.200. The Labute approximate surface area is 180 Å². The number of nitrogens with one attached hydrogen (secondary N) is 2. The Kier molecular flexibility index (Phi) is 4.83. The molecule has 0 bridgehead atoms. The van der Waals surface area contributed by atoms with Crippen LogP contribution in [0.1, 0.15) is 46.9 Å². The van der Waals surface area contributed by atoms with Crippen LogP contribution >= 0.6 is 11.9 Å². The molecule has 3 aromatic carbocycles. The van der Waals surface area contributed by atoms with Crippen LogP contribution in [-0.2, 0) is 0 Å². The zero-order valence-electron chi connectivity index (χ0n) is 17.0. The number of Topliss-reactive ketones (excluding diaryl/α,β-unsaturated/α-hetero) is 1. The van der Waals surface area contributed by atoms with Gasteiger partial charge in [0.2, 0.25) is 0 Å². The highest BCUT2D eigenvalue weighted by Gasteiger charge is 2.41. The van der Waals surface area contributed by atoms with Crippen molar-refractivity contribution in [1.82, 2.24) is 9.97 Å². The smallest absolute Gasteiger partial charge is 0.160 e. The van der Waals surface area contributed by atoms with Crippen LogP contribution in [0.5, 0.6) is 0 Å². The second-order valence-corrected chi connectivity index (χ2v) is 8.44. The summed E-state index contributed by atoms with van der Waals surface area (Å²) in [5.41, 5.74) is 7.23. The second kappa shape index (κ2) is 7.65. The van der Waals surface area contributed by atoms with E-state index in [-0.39, 0.29) is 5.78 Å². The van der Waals surface area contributed by atoms with Gasteiger partial charge in [-0.15, -0.1) is 0 Å². The molecule has 4 aromatic rings. The van der Waals surface area contributed by atoms with Crippen LogP contribution < -0.4 is 4.72 Å². The number of carbonyl (C=O) groups excluding carboxylic acids is 1. The van der Waals surface area contributed by atoms with E-state index in [1.807, 2.05) is 36.6 Å². The van der Waals surface area contributed by atoms with Crippen molar-refractivity contribution in [3.8, 4) is 11.1 Å². The predicted molar refractivity (Wildman–Crippen MR) is 125 cm³/mol. The molecule has 5 heteroatoms. The SMILES string of the molecule is CSNc1ccc(C2CC2c2nc3ccc(-c4ccccc4C(C)=O)cc3[nH]2)cc1. The normalized spacial score (nSPS) is 17.8. The molecule has 0 amide bonds. The summed E-state index contributed by atoms with van der Waals surface area (Å²) in [6.45, 7) is 1.61. The van der Waals surface area contributed by atoms with Crippen molar-refractivity contribution in [2.45, 2.75) is 25.2 Å². The number of hydrogen-bond acceptors (Lipinski definition) is 4. The molecule has 2 unspecified atom stereocenters. The summed E-state index contributed by atoms with van der Waals surface area (Å²) in [5, 5.41) is 0. The zero-order valence-corrected chi connectivity index (χ0v) is 17.8. The maximum absolute atomic E-state index is 12.0. The van der Waals surface area contributed by atoms with E-state index >= 15 is 0 Å². The van der Waals surface area contributed by atoms with Gasteiger partial charge in [0.15, 0.2) is 5.78 Å². The van der Waals surface area contributed by atoms with Gasteiger partial charge in [0.05, 0.1) is 11.0 Å². The van der Waals surface area contributed by atoms with Gasteiger partial charge in [-0.3, -0.25) is 4.79 Å². The molecule has 1 aliphatic rings. The zero-order chi connectivity index (χ0) is 20.7. The highest BCUT2D eigenvalue weighted by molar-refractivity contribution is 7.99. The van der Waals surface area contributed by atoms with Gasteiger partial charge in [0, 0.05) is 23.4 Å². The first kappa shape index (κ1) is 18.9. The number of ketones is 1. The highest BCUT2D eigenvalue weighted by atomic mass is 32.2. The highest BCUT2D eigenvalue weighted by Crippen LogP contribution is 2.54. The number of hydrogen-bond donors (Lipinski definition) is 2. The molecule has 1 aliphatic carbocycles. The third kappa shape index (κ3) is 3.50. The number of fused-ring (bicyclic) bond motifs is 1. The largest absolute Gasteiger partial charge is 0.342 e. The van der Waals surface area contributed by atoms with Crippen molar-refractivity contribution < 1.29 is 4.79 Å². The first-order chi connectivity index (χ1) is 14.6. The minimum absolute atomic E-state index is 0.0792. The molecule has 1 saturated carbocycles. The van der Waals surface area contributed by atoms with Crippen molar-refractivity contribution in [2.24, 2.45) is 0 Å². The van der Waals surface area contributed by atoms with Crippen molar-refractivity contribution in [2.75, 3.05) is 11.0 Å². The molecule has 0 saturated heterocycles. The Balaban J connectivity index is 1.41. The van der Waals surface area contributed by atoms with Crippen molar-refractivity contribution in [1.29, 1.82) is 0 Å². The summed E-state index contributed by atoms with van der Waals surface area (Å²) < 4.78 is 3.26. The lowest BCUT2D eigenvalue weighted by atomic mass is 9.97. The third-order valence-electron chi connectivity index (χ3n) is 5.82. The lowest BCUT2D eigenvalue weighted by Gasteiger charge is -2.06. The monoisotopic (exact) mass is 413 g/mol. The van der Waals surface area contributed by atoms with Gasteiger partial charge in [-0.25, -0.2) is 4.98 Å². The van der Waals surface area contributed by atoms with Gasteiger partial charge in [-0.1, -0.05) is 54.4 Å². The molecule has 1 heterocycles. The summed E-state index contributed by atoms with van der Waals surface area (Å²) in [7, 11) is 0. The van der Waals surface area contributed by atoms with E-state index in [0.29, 0.717) is 11.8 Å². The van der Waals surface area contributed by atoms with Gasteiger partial charge in [-0.05, 0) is 60.2 Å². The number of aromatic amines is 1. The standard InChI is InChI=1S/C25H23N3OS/c1-15(29)19-5-3-4-6-20(19)17-9-12-23-24(13-17)27-25(26-23)22-14-21(22)16-7-10-18(11-8-16)28-30-2/h3-13,21-22,28H,14H2,1-2H3,(H,26,27). The maximum Gasteiger partial charge on any atom is 0.160 e. The summed E-state index contributed by atoms with van der Waals surface area (Å²) in [5.74, 6) is 2.09.